The number of rotatable bonds is 6. The average Bonchev–Trinajstić information content (AvgIpc) is 3.22. The number of benzene rings is 1. The summed E-state index contributed by atoms with van der Waals surface area (Å²) in [5, 5.41) is 5.17. The number of nitrogens with zero attached hydrogens (tertiary/aromatic N) is 5. The largest absolute Gasteiger partial charge is 0.308 e. The average molecular weight is 372 g/mol. The fraction of sp³-hybridized carbons (Fsp3) is 0.421. The van der Waals surface area contributed by atoms with Gasteiger partial charge in [-0.2, -0.15) is 5.10 Å². The third-order valence-corrected chi connectivity index (χ3v) is 5.26. The number of aryl methyl sites for hydroxylation is 1. The van der Waals surface area contributed by atoms with Crippen molar-refractivity contribution < 1.29 is 4.79 Å². The summed E-state index contributed by atoms with van der Waals surface area (Å²) >= 11 is 1.55. The Morgan fingerprint density at radius 1 is 1.23 bits per heavy atom. The lowest BCUT2D eigenvalue weighted by atomic mass is 10.2. The van der Waals surface area contributed by atoms with E-state index in [1.165, 1.54) is 0 Å². The summed E-state index contributed by atoms with van der Waals surface area (Å²) in [5.74, 6) is -0.108. The fourth-order valence-corrected chi connectivity index (χ4v) is 3.72. The zero-order chi connectivity index (χ0) is 18.8. The molecular weight excluding hydrogens is 346 g/mol. The Hall–Kier alpha value is -2.25. The Morgan fingerprint density at radius 3 is 2.62 bits per heavy atom. The molecule has 0 saturated heterocycles. The molecule has 0 fully saturated rings. The van der Waals surface area contributed by atoms with E-state index in [2.05, 4.69) is 10.00 Å². The molecule has 2 heterocycles. The summed E-state index contributed by atoms with van der Waals surface area (Å²) < 4.78 is 2.90. The molecule has 0 aliphatic rings. The van der Waals surface area contributed by atoms with Crippen LogP contribution in [0.15, 0.2) is 30.5 Å². The van der Waals surface area contributed by atoms with Crippen LogP contribution in [0.5, 0.6) is 0 Å². The lowest BCUT2D eigenvalue weighted by molar-refractivity contribution is 0.0979. The number of hydrogen-bond acceptors (Lipinski definition) is 5. The van der Waals surface area contributed by atoms with E-state index in [9.17, 15) is 4.79 Å². The van der Waals surface area contributed by atoms with Gasteiger partial charge < -0.3 is 4.90 Å². The first kappa shape index (κ1) is 18.5. The molecule has 0 bridgehead atoms. The maximum Gasteiger partial charge on any atom is 0.280 e. The summed E-state index contributed by atoms with van der Waals surface area (Å²) in [5.41, 5.74) is 2.53. The van der Waals surface area contributed by atoms with Crippen LogP contribution in [-0.4, -0.2) is 52.8 Å². The van der Waals surface area contributed by atoms with Gasteiger partial charge in [-0.25, -0.2) is 4.98 Å². The van der Waals surface area contributed by atoms with Crippen molar-refractivity contribution in [1.82, 2.24) is 19.7 Å². The van der Waals surface area contributed by atoms with Crippen LogP contribution in [0.25, 0.3) is 10.2 Å². The van der Waals surface area contributed by atoms with Gasteiger partial charge in [0, 0.05) is 25.3 Å². The molecule has 6 nitrogen and oxygen atoms in total. The highest BCUT2D eigenvalue weighted by molar-refractivity contribution is 7.22. The summed E-state index contributed by atoms with van der Waals surface area (Å²) in [6.45, 7) is 7.45. The normalized spacial score (nSPS) is 11.7. The van der Waals surface area contributed by atoms with Gasteiger partial charge in [-0.15, -0.1) is 0 Å². The van der Waals surface area contributed by atoms with Crippen LogP contribution in [0.1, 0.15) is 35.9 Å². The van der Waals surface area contributed by atoms with E-state index in [0.717, 1.165) is 27.5 Å². The monoisotopic (exact) mass is 371 g/mol. The summed E-state index contributed by atoms with van der Waals surface area (Å²) in [4.78, 5) is 21.7. The second-order valence-corrected chi connectivity index (χ2v) is 7.96. The van der Waals surface area contributed by atoms with Crippen molar-refractivity contribution in [2.45, 2.75) is 26.8 Å². The van der Waals surface area contributed by atoms with Gasteiger partial charge in [0.1, 0.15) is 0 Å². The molecule has 0 aliphatic carbocycles. The van der Waals surface area contributed by atoms with Gasteiger partial charge in [-0.1, -0.05) is 23.5 Å². The number of thiazole rings is 1. The standard InChI is InChI=1S/C19H25N5OS/c1-13(2)24-10-9-15(21-24)18(25)23(12-11-22(4)5)19-20-17-14(3)7-6-8-16(17)26-19/h6-10,13H,11-12H2,1-5H3. The van der Waals surface area contributed by atoms with Crippen LogP contribution >= 0.6 is 11.3 Å². The molecule has 3 rings (SSSR count). The molecule has 26 heavy (non-hydrogen) atoms. The van der Waals surface area contributed by atoms with Crippen molar-refractivity contribution in [2.24, 2.45) is 0 Å². The lowest BCUT2D eigenvalue weighted by Crippen LogP contribution is -2.37. The second kappa shape index (κ2) is 7.55. The van der Waals surface area contributed by atoms with E-state index in [1.54, 1.807) is 27.0 Å². The van der Waals surface area contributed by atoms with Gasteiger partial charge in [-0.05, 0) is 52.6 Å². The number of aromatic nitrogens is 3. The SMILES string of the molecule is Cc1cccc2sc(N(CCN(C)C)C(=O)c3ccn(C(C)C)n3)nc12. The fourth-order valence-electron chi connectivity index (χ4n) is 2.65. The highest BCUT2D eigenvalue weighted by Gasteiger charge is 2.23. The molecule has 0 aliphatic heterocycles. The van der Waals surface area contributed by atoms with Crippen LogP contribution in [0.2, 0.25) is 0 Å². The van der Waals surface area contributed by atoms with Crippen LogP contribution in [0.3, 0.4) is 0 Å². The maximum atomic E-state index is 13.2. The first-order valence-corrected chi connectivity index (χ1v) is 9.56. The summed E-state index contributed by atoms with van der Waals surface area (Å²) in [6.07, 6.45) is 1.85. The van der Waals surface area contributed by atoms with Crippen LogP contribution in [0, 0.1) is 6.92 Å². The number of hydrogen-bond donors (Lipinski definition) is 0. The molecule has 0 atom stereocenters. The Labute approximate surface area is 158 Å². The minimum Gasteiger partial charge on any atom is -0.308 e. The minimum absolute atomic E-state index is 0.108. The van der Waals surface area contributed by atoms with Crippen LogP contribution < -0.4 is 4.90 Å². The maximum absolute atomic E-state index is 13.2. The van der Waals surface area contributed by atoms with Gasteiger partial charge in [0.25, 0.3) is 5.91 Å². The molecule has 0 saturated carbocycles. The molecule has 7 heteroatoms. The molecule has 3 aromatic rings. The lowest BCUT2D eigenvalue weighted by Gasteiger charge is -2.21. The molecule has 0 radical (unpaired) electrons. The topological polar surface area (TPSA) is 54.3 Å². The molecule has 138 valence electrons. The van der Waals surface area contributed by atoms with Gasteiger partial charge in [0.2, 0.25) is 0 Å². The predicted octanol–water partition coefficient (Wildman–Crippen LogP) is 3.59. The number of anilines is 1. The van der Waals surface area contributed by atoms with Gasteiger partial charge in [0.15, 0.2) is 10.8 Å². The number of carbonyl (C=O) groups excluding carboxylic acids is 1. The van der Waals surface area contributed by atoms with Crippen LogP contribution in [-0.2, 0) is 0 Å². The van der Waals surface area contributed by atoms with E-state index in [0.29, 0.717) is 12.2 Å². The van der Waals surface area contributed by atoms with E-state index in [4.69, 9.17) is 4.98 Å². The highest BCUT2D eigenvalue weighted by Crippen LogP contribution is 2.31. The zero-order valence-electron chi connectivity index (χ0n) is 15.9. The molecule has 1 aromatic carbocycles. The Bertz CT molecular complexity index is 912. The van der Waals surface area contributed by atoms with Crippen molar-refractivity contribution in [3.63, 3.8) is 0 Å². The van der Waals surface area contributed by atoms with E-state index >= 15 is 0 Å². The molecule has 0 N–H and O–H groups in total. The molecular formula is C19H25N5OS. The first-order valence-electron chi connectivity index (χ1n) is 8.74. The van der Waals surface area contributed by atoms with E-state index in [1.807, 2.05) is 59.3 Å². The zero-order valence-corrected chi connectivity index (χ0v) is 16.7. The number of para-hydroxylation sites is 1. The van der Waals surface area contributed by atoms with Gasteiger partial charge in [0.05, 0.1) is 10.2 Å². The Balaban J connectivity index is 1.97. The first-order chi connectivity index (χ1) is 12.4. The highest BCUT2D eigenvalue weighted by atomic mass is 32.1. The third-order valence-electron chi connectivity index (χ3n) is 4.21. The number of fused-ring (bicyclic) bond motifs is 1. The van der Waals surface area contributed by atoms with E-state index in [-0.39, 0.29) is 11.9 Å². The van der Waals surface area contributed by atoms with Crippen molar-refractivity contribution in [1.29, 1.82) is 0 Å². The quantitative estimate of drug-likeness (QED) is 0.664. The molecule has 0 unspecified atom stereocenters. The van der Waals surface area contributed by atoms with Crippen molar-refractivity contribution >= 4 is 32.6 Å². The Morgan fingerprint density at radius 2 is 2.00 bits per heavy atom. The van der Waals surface area contributed by atoms with Gasteiger partial charge in [-0.3, -0.25) is 14.4 Å². The van der Waals surface area contributed by atoms with Crippen LogP contribution in [0.4, 0.5) is 5.13 Å². The summed E-state index contributed by atoms with van der Waals surface area (Å²) in [7, 11) is 4.00. The minimum atomic E-state index is -0.108. The van der Waals surface area contributed by atoms with Crippen molar-refractivity contribution in [3.05, 3.63) is 41.7 Å². The van der Waals surface area contributed by atoms with Crippen molar-refractivity contribution in [3.8, 4) is 0 Å². The third kappa shape index (κ3) is 3.78. The van der Waals surface area contributed by atoms with Gasteiger partial charge >= 0.3 is 0 Å². The molecule has 0 spiro atoms. The number of amides is 1. The molecule has 1 amide bonds. The van der Waals surface area contributed by atoms with Crippen molar-refractivity contribution in [2.75, 3.05) is 32.1 Å². The number of likely N-dealkylation sites (N-methyl/N-ethyl adjacent to an activating group) is 1. The molecule has 2 aromatic heterocycles. The smallest absolute Gasteiger partial charge is 0.280 e. The number of carbonyl (C=O) groups is 1. The summed E-state index contributed by atoms with van der Waals surface area (Å²) in [6, 6.07) is 8.12. The predicted molar refractivity (Wildman–Crippen MR) is 107 cm³/mol. The Kier molecular flexibility index (Phi) is 5.38. The second-order valence-electron chi connectivity index (χ2n) is 6.95. The van der Waals surface area contributed by atoms with E-state index < -0.39 is 0 Å².